The Morgan fingerprint density at radius 2 is 1.75 bits per heavy atom. The van der Waals surface area contributed by atoms with Gasteiger partial charge in [0, 0.05) is 5.56 Å². The Morgan fingerprint density at radius 1 is 1.14 bits per heavy atom. The highest BCUT2D eigenvalue weighted by Crippen LogP contribution is 2.35. The van der Waals surface area contributed by atoms with Crippen LogP contribution in [-0.4, -0.2) is 14.2 Å². The highest BCUT2D eigenvalue weighted by molar-refractivity contribution is 7.86. The Balaban J connectivity index is 1.91. The third kappa shape index (κ3) is 4.28. The molecule has 0 spiro atoms. The van der Waals surface area contributed by atoms with E-state index in [2.05, 4.69) is 4.18 Å². The van der Waals surface area contributed by atoms with Crippen molar-refractivity contribution < 1.29 is 39.4 Å². The summed E-state index contributed by atoms with van der Waals surface area (Å²) in [5.41, 5.74) is 0.705. The van der Waals surface area contributed by atoms with Crippen LogP contribution in [0.3, 0.4) is 0 Å². The lowest BCUT2D eigenvalue weighted by Gasteiger charge is -2.12. The van der Waals surface area contributed by atoms with Crippen LogP contribution in [0.1, 0.15) is 26.9 Å². The predicted octanol–water partition coefficient (Wildman–Crippen LogP) is 3.02. The summed E-state index contributed by atoms with van der Waals surface area (Å²) >= 11 is 0. The van der Waals surface area contributed by atoms with Crippen LogP contribution in [0.4, 0.5) is 13.2 Å². The van der Waals surface area contributed by atoms with Crippen molar-refractivity contribution in [2.24, 2.45) is 5.73 Å². The zero-order valence-electron chi connectivity index (χ0n) is 16.9. The maximum Gasteiger partial charge on any atom is 0.416 e. The molecule has 6 nitrogen and oxygen atoms in total. The minimum Gasteiger partial charge on any atom is -0.460 e. The topological polar surface area (TPSA) is 95.7 Å². The molecule has 1 aliphatic rings. The Labute approximate surface area is 162 Å². The summed E-state index contributed by atoms with van der Waals surface area (Å²) in [5.74, 6) is -3.49. The first-order chi connectivity index (χ1) is 14.2. The van der Waals surface area contributed by atoms with Crippen molar-refractivity contribution in [3.63, 3.8) is 0 Å². The molecule has 0 amide bonds. The van der Waals surface area contributed by atoms with Gasteiger partial charge in [-0.25, -0.2) is 0 Å². The molecule has 2 aromatic carbocycles. The summed E-state index contributed by atoms with van der Waals surface area (Å²) < 4.78 is 96.8. The SMILES string of the molecule is [2H]C([2H])(c1ccccc1)S(=O)(=O)OC1=C(N)O[C@@]([2H])(c2ccc(C(F)(F)F)cc2)C1=O. The first-order valence-electron chi connectivity index (χ1n) is 9.11. The van der Waals surface area contributed by atoms with Gasteiger partial charge in [-0.15, -0.1) is 0 Å². The summed E-state index contributed by atoms with van der Waals surface area (Å²) in [4.78, 5) is 12.7. The fourth-order valence-corrected chi connectivity index (χ4v) is 3.12. The van der Waals surface area contributed by atoms with Crippen molar-refractivity contribution in [2.45, 2.75) is 18.0 Å². The van der Waals surface area contributed by atoms with E-state index in [1.54, 1.807) is 0 Å². The third-order valence-corrected chi connectivity index (χ3v) is 4.40. The number of ether oxygens (including phenoxy) is 1. The summed E-state index contributed by atoms with van der Waals surface area (Å²) in [7, 11) is -5.16. The number of alkyl halides is 3. The van der Waals surface area contributed by atoms with E-state index in [1.807, 2.05) is 0 Å². The summed E-state index contributed by atoms with van der Waals surface area (Å²) in [6, 6.07) is 9.51. The zero-order valence-corrected chi connectivity index (χ0v) is 14.7. The van der Waals surface area contributed by atoms with Gasteiger partial charge in [0.2, 0.25) is 17.4 Å². The molecule has 0 saturated carbocycles. The molecule has 0 unspecified atom stereocenters. The fourth-order valence-electron chi connectivity index (χ4n) is 2.28. The molecule has 0 fully saturated rings. The predicted molar refractivity (Wildman–Crippen MR) is 91.6 cm³/mol. The van der Waals surface area contributed by atoms with Gasteiger partial charge in [-0.05, 0) is 17.7 Å². The number of hydrogen-bond acceptors (Lipinski definition) is 6. The molecule has 0 bridgehead atoms. The lowest BCUT2D eigenvalue weighted by atomic mass is 10.0. The minimum atomic E-state index is -5.16. The van der Waals surface area contributed by atoms with Crippen molar-refractivity contribution >= 4 is 15.9 Å². The Kier molecular flexibility index (Phi) is 4.11. The van der Waals surface area contributed by atoms with E-state index in [-0.39, 0.29) is 11.1 Å². The molecule has 0 radical (unpaired) electrons. The quantitative estimate of drug-likeness (QED) is 0.753. The van der Waals surface area contributed by atoms with Gasteiger partial charge in [-0.1, -0.05) is 42.5 Å². The third-order valence-electron chi connectivity index (χ3n) is 3.53. The molecule has 0 aliphatic carbocycles. The van der Waals surface area contributed by atoms with Gasteiger partial charge in [0.15, 0.2) is 6.08 Å². The van der Waals surface area contributed by atoms with Gasteiger partial charge in [0.1, 0.15) is 5.70 Å². The van der Waals surface area contributed by atoms with E-state index < -0.39 is 51.1 Å². The van der Waals surface area contributed by atoms with Gasteiger partial charge in [-0.2, -0.15) is 21.6 Å². The van der Waals surface area contributed by atoms with Crippen LogP contribution in [-0.2, 0) is 35.7 Å². The maximum atomic E-state index is 12.7. The molecular weight excluding hydrogens is 399 g/mol. The smallest absolute Gasteiger partial charge is 0.416 e. The number of carbonyl (C=O) groups is 1. The maximum absolute atomic E-state index is 12.7. The number of carbonyl (C=O) groups excluding carboxylic acids is 1. The molecule has 1 aliphatic heterocycles. The Morgan fingerprint density at radius 3 is 2.32 bits per heavy atom. The molecule has 0 saturated heterocycles. The van der Waals surface area contributed by atoms with Crippen LogP contribution >= 0.6 is 0 Å². The number of Topliss-reactive ketones (excluding diaryl/α,β-unsaturated/α-hetero) is 1. The molecule has 28 heavy (non-hydrogen) atoms. The largest absolute Gasteiger partial charge is 0.460 e. The number of hydrogen-bond donors (Lipinski definition) is 1. The van der Waals surface area contributed by atoms with Crippen LogP contribution in [0.25, 0.3) is 0 Å². The Bertz CT molecular complexity index is 1150. The highest BCUT2D eigenvalue weighted by Gasteiger charge is 2.40. The second-order valence-corrected chi connectivity index (χ2v) is 6.81. The van der Waals surface area contributed by atoms with Crippen LogP contribution in [0.2, 0.25) is 0 Å². The van der Waals surface area contributed by atoms with Crippen molar-refractivity contribution in [1.29, 1.82) is 0 Å². The molecule has 2 N–H and O–H groups in total. The summed E-state index contributed by atoms with van der Waals surface area (Å²) in [6.07, 6.45) is -7.37. The molecule has 0 aromatic heterocycles. The summed E-state index contributed by atoms with van der Waals surface area (Å²) in [6.45, 7) is 0. The van der Waals surface area contributed by atoms with Gasteiger partial charge in [0.05, 0.1) is 9.68 Å². The second-order valence-electron chi connectivity index (χ2n) is 5.53. The molecule has 10 heteroatoms. The lowest BCUT2D eigenvalue weighted by Crippen LogP contribution is -2.16. The second kappa shape index (κ2) is 7.19. The first-order valence-corrected chi connectivity index (χ1v) is 9.02. The van der Waals surface area contributed by atoms with Crippen molar-refractivity contribution in [3.8, 4) is 0 Å². The van der Waals surface area contributed by atoms with Gasteiger partial charge < -0.3 is 14.7 Å². The van der Waals surface area contributed by atoms with Crippen molar-refractivity contribution in [2.75, 3.05) is 0 Å². The van der Waals surface area contributed by atoms with E-state index >= 15 is 0 Å². The van der Waals surface area contributed by atoms with Gasteiger partial charge in [0.25, 0.3) is 0 Å². The molecule has 2 aromatic rings. The standard InChI is InChI=1S/C18H14F3NO5S/c19-18(20,21)13-8-6-12(7-9-13)15-14(23)16(17(22)26-15)27-28(24,25)10-11-4-2-1-3-5-11/h1-9,15H,10,22H2/t15-/m0/s1/i10D2,15D. The van der Waals surface area contributed by atoms with Gasteiger partial charge >= 0.3 is 16.3 Å². The van der Waals surface area contributed by atoms with E-state index in [0.29, 0.717) is 12.1 Å². The zero-order chi connectivity index (χ0) is 23.2. The van der Waals surface area contributed by atoms with Crippen LogP contribution in [0.15, 0.2) is 66.2 Å². The number of nitrogens with two attached hydrogens (primary N) is 1. The van der Waals surface area contributed by atoms with Crippen LogP contribution in [0.5, 0.6) is 0 Å². The fraction of sp³-hybridized carbons (Fsp3) is 0.167. The molecule has 1 atom stereocenters. The summed E-state index contributed by atoms with van der Waals surface area (Å²) in [5, 5.41) is 0. The molecule has 3 rings (SSSR count). The monoisotopic (exact) mass is 416 g/mol. The van der Waals surface area contributed by atoms with Gasteiger partial charge in [-0.3, -0.25) is 4.79 Å². The highest BCUT2D eigenvalue weighted by atomic mass is 32.2. The van der Waals surface area contributed by atoms with Crippen molar-refractivity contribution in [3.05, 3.63) is 82.9 Å². The number of ketones is 1. The number of rotatable bonds is 5. The minimum absolute atomic E-state index is 0.291. The average molecular weight is 416 g/mol. The molecule has 1 heterocycles. The lowest BCUT2D eigenvalue weighted by molar-refractivity contribution is -0.137. The van der Waals surface area contributed by atoms with Crippen LogP contribution < -0.4 is 5.73 Å². The molecular formula is C18H14F3NO5S. The van der Waals surface area contributed by atoms with E-state index in [0.717, 1.165) is 12.1 Å². The van der Waals surface area contributed by atoms with Crippen LogP contribution in [0, 0.1) is 0 Å². The van der Waals surface area contributed by atoms with E-state index in [1.165, 1.54) is 30.3 Å². The molecule has 148 valence electrons. The van der Waals surface area contributed by atoms with E-state index in [9.17, 15) is 26.4 Å². The van der Waals surface area contributed by atoms with Crippen molar-refractivity contribution in [1.82, 2.24) is 0 Å². The van der Waals surface area contributed by atoms with E-state index in [4.69, 9.17) is 14.6 Å². The number of halogens is 3. The normalized spacial score (nSPS) is 22.2. The average Bonchev–Trinajstić information content (AvgIpc) is 2.91. The number of benzene rings is 2. The Hall–Kier alpha value is -3.01. The first kappa shape index (κ1) is 16.0.